The molecule has 0 bridgehead atoms. The van der Waals surface area contributed by atoms with Gasteiger partial charge in [-0.2, -0.15) is 5.26 Å². The Kier molecular flexibility index (Phi) is 5.19. The monoisotopic (exact) mass is 282 g/mol. The van der Waals surface area contributed by atoms with Crippen LogP contribution in [0.5, 0.6) is 5.75 Å². The second-order valence-electron chi connectivity index (χ2n) is 4.82. The van der Waals surface area contributed by atoms with E-state index in [1.165, 1.54) is 0 Å². The first-order valence-corrected chi connectivity index (χ1v) is 6.79. The summed E-state index contributed by atoms with van der Waals surface area (Å²) in [7, 11) is 0. The first-order valence-electron chi connectivity index (χ1n) is 6.79. The number of anilines is 1. The molecular formula is C17H18N2O2. The zero-order valence-electron chi connectivity index (χ0n) is 11.9. The topological polar surface area (TPSA) is 65.3 Å². The van der Waals surface area contributed by atoms with Crippen LogP contribution in [0.2, 0.25) is 0 Å². The highest BCUT2D eigenvalue weighted by atomic mass is 16.5. The molecule has 0 spiro atoms. The Morgan fingerprint density at radius 3 is 2.62 bits per heavy atom. The van der Waals surface area contributed by atoms with Gasteiger partial charge in [-0.05, 0) is 31.2 Å². The minimum absolute atomic E-state index is 0.199. The van der Waals surface area contributed by atoms with Gasteiger partial charge in [-0.25, -0.2) is 0 Å². The maximum absolute atomic E-state index is 9.92. The highest BCUT2D eigenvalue weighted by Gasteiger charge is 2.07. The van der Waals surface area contributed by atoms with Crippen molar-refractivity contribution in [3.63, 3.8) is 0 Å². The predicted molar refractivity (Wildman–Crippen MR) is 82.3 cm³/mol. The van der Waals surface area contributed by atoms with Gasteiger partial charge in [-0.3, -0.25) is 0 Å². The van der Waals surface area contributed by atoms with Crippen LogP contribution in [0, 0.1) is 18.3 Å². The summed E-state index contributed by atoms with van der Waals surface area (Å²) < 4.78 is 5.51. The first kappa shape index (κ1) is 14.9. The van der Waals surface area contributed by atoms with Gasteiger partial charge in [0, 0.05) is 6.54 Å². The molecule has 1 atom stereocenters. The highest BCUT2D eigenvalue weighted by molar-refractivity contribution is 5.57. The number of nitrogens with zero attached hydrogens (tertiary/aromatic N) is 1. The van der Waals surface area contributed by atoms with Crippen molar-refractivity contribution in [3.05, 3.63) is 59.7 Å². The van der Waals surface area contributed by atoms with Crippen molar-refractivity contribution >= 4 is 5.69 Å². The van der Waals surface area contributed by atoms with Crippen molar-refractivity contribution in [2.24, 2.45) is 0 Å². The third-order valence-corrected chi connectivity index (χ3v) is 3.04. The first-order chi connectivity index (χ1) is 10.2. The van der Waals surface area contributed by atoms with Crippen LogP contribution < -0.4 is 10.1 Å². The van der Waals surface area contributed by atoms with E-state index >= 15 is 0 Å². The van der Waals surface area contributed by atoms with Crippen molar-refractivity contribution in [2.45, 2.75) is 13.0 Å². The van der Waals surface area contributed by atoms with Crippen LogP contribution in [0.3, 0.4) is 0 Å². The average molecular weight is 282 g/mol. The fourth-order valence-corrected chi connectivity index (χ4v) is 1.85. The van der Waals surface area contributed by atoms with Crippen molar-refractivity contribution in [1.82, 2.24) is 0 Å². The fraction of sp³-hybridized carbons (Fsp3) is 0.235. The standard InChI is InChI=1S/C17H18N2O2/c1-13-6-8-16(9-7-13)21-12-15(20)11-19-17-5-3-2-4-14(17)10-18/h2-9,15,19-20H,11-12H2,1H3. The normalized spacial score (nSPS) is 11.5. The Balaban J connectivity index is 1.81. The Labute approximate surface area is 124 Å². The molecule has 2 N–H and O–H groups in total. The maximum Gasteiger partial charge on any atom is 0.119 e. The van der Waals surface area contributed by atoms with Crippen molar-refractivity contribution in [3.8, 4) is 11.8 Å². The van der Waals surface area contributed by atoms with Gasteiger partial charge in [0.15, 0.2) is 0 Å². The highest BCUT2D eigenvalue weighted by Crippen LogP contribution is 2.14. The van der Waals surface area contributed by atoms with Gasteiger partial charge in [0.25, 0.3) is 0 Å². The predicted octanol–water partition coefficient (Wildman–Crippen LogP) is 2.72. The molecule has 108 valence electrons. The molecule has 1 unspecified atom stereocenters. The van der Waals surface area contributed by atoms with Crippen LogP contribution in [-0.4, -0.2) is 24.4 Å². The average Bonchev–Trinajstić information content (AvgIpc) is 2.52. The van der Waals surface area contributed by atoms with E-state index in [-0.39, 0.29) is 6.61 Å². The maximum atomic E-state index is 9.92. The molecule has 0 aliphatic rings. The van der Waals surface area contributed by atoms with Gasteiger partial charge in [0.05, 0.1) is 11.3 Å². The molecule has 0 aromatic heterocycles. The molecule has 0 saturated heterocycles. The number of hydrogen-bond acceptors (Lipinski definition) is 4. The molecule has 0 fully saturated rings. The largest absolute Gasteiger partial charge is 0.491 e. The summed E-state index contributed by atoms with van der Waals surface area (Å²) in [4.78, 5) is 0. The van der Waals surface area contributed by atoms with E-state index in [1.54, 1.807) is 12.1 Å². The van der Waals surface area contributed by atoms with Gasteiger partial charge < -0.3 is 15.2 Å². The quantitative estimate of drug-likeness (QED) is 0.855. The number of aliphatic hydroxyl groups is 1. The molecule has 0 radical (unpaired) electrons. The summed E-state index contributed by atoms with van der Waals surface area (Å²) in [5.74, 6) is 0.733. The van der Waals surface area contributed by atoms with Gasteiger partial charge >= 0.3 is 0 Å². The number of hydrogen-bond donors (Lipinski definition) is 2. The van der Waals surface area contributed by atoms with Gasteiger partial charge in [0.1, 0.15) is 24.5 Å². The van der Waals surface area contributed by atoms with E-state index in [0.29, 0.717) is 12.1 Å². The molecule has 0 aliphatic heterocycles. The Morgan fingerprint density at radius 2 is 1.90 bits per heavy atom. The minimum atomic E-state index is -0.655. The Bertz CT molecular complexity index is 617. The summed E-state index contributed by atoms with van der Waals surface area (Å²) >= 11 is 0. The summed E-state index contributed by atoms with van der Waals surface area (Å²) in [5.41, 5.74) is 2.44. The number of aryl methyl sites for hydroxylation is 1. The lowest BCUT2D eigenvalue weighted by molar-refractivity contribution is 0.117. The molecule has 2 aromatic rings. The molecular weight excluding hydrogens is 264 g/mol. The summed E-state index contributed by atoms with van der Waals surface area (Å²) in [6, 6.07) is 17.0. The van der Waals surface area contributed by atoms with Crippen LogP contribution in [-0.2, 0) is 0 Å². The minimum Gasteiger partial charge on any atom is -0.491 e. The number of nitrogens with one attached hydrogen (secondary N) is 1. The number of rotatable bonds is 6. The number of benzene rings is 2. The molecule has 0 saturated carbocycles. The molecule has 4 nitrogen and oxygen atoms in total. The zero-order valence-corrected chi connectivity index (χ0v) is 11.9. The summed E-state index contributed by atoms with van der Waals surface area (Å²) in [6.07, 6.45) is -0.655. The smallest absolute Gasteiger partial charge is 0.119 e. The third kappa shape index (κ3) is 4.51. The van der Waals surface area contributed by atoms with E-state index in [4.69, 9.17) is 10.00 Å². The van der Waals surface area contributed by atoms with Crippen LogP contribution >= 0.6 is 0 Å². The molecule has 0 aliphatic carbocycles. The van der Waals surface area contributed by atoms with Crippen LogP contribution in [0.15, 0.2) is 48.5 Å². The summed E-state index contributed by atoms with van der Waals surface area (Å²) in [6.45, 7) is 2.53. The molecule has 2 rings (SSSR count). The fourth-order valence-electron chi connectivity index (χ4n) is 1.85. The van der Waals surface area contributed by atoms with E-state index in [2.05, 4.69) is 11.4 Å². The summed E-state index contributed by atoms with van der Waals surface area (Å²) in [5, 5.41) is 22.0. The van der Waals surface area contributed by atoms with E-state index in [0.717, 1.165) is 17.0 Å². The van der Waals surface area contributed by atoms with E-state index in [9.17, 15) is 5.11 Å². The number of ether oxygens (including phenoxy) is 1. The van der Waals surface area contributed by atoms with Gasteiger partial charge in [-0.1, -0.05) is 29.8 Å². The number of para-hydroxylation sites is 1. The second-order valence-corrected chi connectivity index (χ2v) is 4.82. The molecule has 21 heavy (non-hydrogen) atoms. The van der Waals surface area contributed by atoms with Crippen LogP contribution in [0.1, 0.15) is 11.1 Å². The molecule has 0 amide bonds. The van der Waals surface area contributed by atoms with Gasteiger partial charge in [0.2, 0.25) is 0 Å². The molecule has 0 heterocycles. The number of nitriles is 1. The SMILES string of the molecule is Cc1ccc(OCC(O)CNc2ccccc2C#N)cc1. The Hall–Kier alpha value is -2.51. The lowest BCUT2D eigenvalue weighted by Gasteiger charge is -2.14. The number of aliphatic hydroxyl groups excluding tert-OH is 1. The zero-order chi connectivity index (χ0) is 15.1. The van der Waals surface area contributed by atoms with E-state index in [1.807, 2.05) is 43.3 Å². The van der Waals surface area contributed by atoms with Crippen molar-refractivity contribution < 1.29 is 9.84 Å². The van der Waals surface area contributed by atoms with Crippen LogP contribution in [0.25, 0.3) is 0 Å². The molecule has 4 heteroatoms. The lowest BCUT2D eigenvalue weighted by atomic mass is 10.2. The molecule has 2 aromatic carbocycles. The van der Waals surface area contributed by atoms with Crippen molar-refractivity contribution in [1.29, 1.82) is 5.26 Å². The van der Waals surface area contributed by atoms with Crippen LogP contribution in [0.4, 0.5) is 5.69 Å². The third-order valence-electron chi connectivity index (χ3n) is 3.04. The van der Waals surface area contributed by atoms with E-state index < -0.39 is 6.10 Å². The second kappa shape index (κ2) is 7.32. The Morgan fingerprint density at radius 1 is 1.19 bits per heavy atom. The van der Waals surface area contributed by atoms with Gasteiger partial charge in [-0.15, -0.1) is 0 Å². The van der Waals surface area contributed by atoms with Crippen molar-refractivity contribution in [2.75, 3.05) is 18.5 Å². The lowest BCUT2D eigenvalue weighted by Crippen LogP contribution is -2.26.